The molecule has 0 aliphatic heterocycles. The summed E-state index contributed by atoms with van der Waals surface area (Å²) in [5.41, 5.74) is 4.85. The summed E-state index contributed by atoms with van der Waals surface area (Å²) < 4.78 is 7.83. The number of aromatic nitrogens is 2. The van der Waals surface area contributed by atoms with Gasteiger partial charge in [0, 0.05) is 0 Å². The van der Waals surface area contributed by atoms with Gasteiger partial charge in [-0.25, -0.2) is 10.2 Å². The van der Waals surface area contributed by atoms with E-state index in [9.17, 15) is 9.59 Å². The van der Waals surface area contributed by atoms with E-state index < -0.39 is 5.97 Å². The van der Waals surface area contributed by atoms with Gasteiger partial charge in [-0.1, -0.05) is 18.2 Å². The van der Waals surface area contributed by atoms with Gasteiger partial charge < -0.3 is 4.74 Å². The number of aryl methyl sites for hydroxylation is 1. The number of hydrazone groups is 1. The molecule has 1 N–H and O–H groups in total. The molecule has 0 bridgehead atoms. The largest absolute Gasteiger partial charge is 0.422 e. The minimum Gasteiger partial charge on any atom is -0.422 e. The number of hydrogen-bond acceptors (Lipinski definition) is 6. The predicted molar refractivity (Wildman–Crippen MR) is 111 cm³/mol. The number of halogens is 1. The number of carbonyl (C=O) groups is 2. The van der Waals surface area contributed by atoms with Gasteiger partial charge in [0.1, 0.15) is 17.2 Å². The molecule has 2 heterocycles. The van der Waals surface area contributed by atoms with E-state index >= 15 is 0 Å². The van der Waals surface area contributed by atoms with Gasteiger partial charge in [-0.05, 0) is 58.9 Å². The van der Waals surface area contributed by atoms with E-state index in [4.69, 9.17) is 4.74 Å². The molecule has 1 aromatic carbocycles. The monoisotopic (exact) mass is 460 g/mol. The smallest absolute Gasteiger partial charge is 0.353 e. The van der Waals surface area contributed by atoms with Gasteiger partial charge in [-0.2, -0.15) is 10.2 Å². The standard InChI is InChI=1S/C19H17BrN4O3S/c1-12-18(20)13(2)24(23-12)11-17(25)22-21-10-14-5-3-6-15(9-14)27-19(26)16-7-4-8-28-16/h3-10H,11H2,1-2H3,(H,22,25)/b21-10+. The second-order valence-electron chi connectivity index (χ2n) is 5.87. The minimum absolute atomic E-state index is 0.0636. The Morgan fingerprint density at radius 3 is 2.82 bits per heavy atom. The lowest BCUT2D eigenvalue weighted by atomic mass is 10.2. The van der Waals surface area contributed by atoms with Crippen LogP contribution in [0, 0.1) is 13.8 Å². The molecule has 3 aromatic rings. The van der Waals surface area contributed by atoms with Crippen molar-refractivity contribution in [1.82, 2.24) is 15.2 Å². The normalized spacial score (nSPS) is 11.0. The van der Waals surface area contributed by atoms with E-state index in [0.29, 0.717) is 16.2 Å². The van der Waals surface area contributed by atoms with Crippen molar-refractivity contribution in [3.05, 3.63) is 68.1 Å². The highest BCUT2D eigenvalue weighted by molar-refractivity contribution is 9.10. The molecule has 2 aromatic heterocycles. The van der Waals surface area contributed by atoms with Crippen molar-refractivity contribution < 1.29 is 14.3 Å². The summed E-state index contributed by atoms with van der Waals surface area (Å²) in [5.74, 6) is -0.302. The van der Waals surface area contributed by atoms with Crippen molar-refractivity contribution in [3.63, 3.8) is 0 Å². The summed E-state index contributed by atoms with van der Waals surface area (Å²) in [6.07, 6.45) is 1.48. The van der Waals surface area contributed by atoms with Crippen LogP contribution in [-0.2, 0) is 11.3 Å². The van der Waals surface area contributed by atoms with Crippen LogP contribution < -0.4 is 10.2 Å². The molecule has 3 rings (SSSR count). The van der Waals surface area contributed by atoms with Crippen LogP contribution in [0.2, 0.25) is 0 Å². The molecule has 9 heteroatoms. The van der Waals surface area contributed by atoms with E-state index in [1.165, 1.54) is 17.6 Å². The highest BCUT2D eigenvalue weighted by Gasteiger charge is 2.11. The molecular weight excluding hydrogens is 444 g/mol. The quantitative estimate of drug-likeness (QED) is 0.263. The highest BCUT2D eigenvalue weighted by atomic mass is 79.9. The zero-order valence-electron chi connectivity index (χ0n) is 15.2. The number of hydrogen-bond donors (Lipinski definition) is 1. The first-order valence-electron chi connectivity index (χ1n) is 8.31. The van der Waals surface area contributed by atoms with Crippen molar-refractivity contribution in [1.29, 1.82) is 0 Å². The Kier molecular flexibility index (Phi) is 6.37. The molecule has 0 radical (unpaired) electrons. The maximum atomic E-state index is 12.1. The topological polar surface area (TPSA) is 85.6 Å². The van der Waals surface area contributed by atoms with Crippen LogP contribution in [0.1, 0.15) is 26.6 Å². The number of nitrogens with zero attached hydrogens (tertiary/aromatic N) is 3. The van der Waals surface area contributed by atoms with Crippen LogP contribution >= 0.6 is 27.3 Å². The van der Waals surface area contributed by atoms with Crippen molar-refractivity contribution >= 4 is 45.4 Å². The molecule has 0 saturated carbocycles. The molecule has 0 aliphatic rings. The summed E-state index contributed by atoms with van der Waals surface area (Å²) in [6.45, 7) is 3.81. The van der Waals surface area contributed by atoms with Gasteiger partial charge in [0.05, 0.1) is 22.1 Å². The molecule has 0 aliphatic carbocycles. The third kappa shape index (κ3) is 4.93. The molecular formula is C19H17BrN4O3S. The minimum atomic E-state index is -0.409. The third-order valence-corrected chi connectivity index (χ3v) is 5.78. The molecule has 0 atom stereocenters. The zero-order valence-corrected chi connectivity index (χ0v) is 17.6. The number of amides is 1. The molecule has 0 unspecified atom stereocenters. The number of benzene rings is 1. The van der Waals surface area contributed by atoms with Gasteiger partial charge in [0.15, 0.2) is 0 Å². The van der Waals surface area contributed by atoms with E-state index in [1.54, 1.807) is 41.1 Å². The van der Waals surface area contributed by atoms with Crippen molar-refractivity contribution in [2.75, 3.05) is 0 Å². The summed E-state index contributed by atoms with van der Waals surface area (Å²) in [7, 11) is 0. The van der Waals surface area contributed by atoms with Crippen LogP contribution in [0.3, 0.4) is 0 Å². The summed E-state index contributed by atoms with van der Waals surface area (Å²) >= 11 is 4.75. The molecule has 0 fully saturated rings. The predicted octanol–water partition coefficient (Wildman–Crippen LogP) is 3.69. The fraction of sp³-hybridized carbons (Fsp3) is 0.158. The zero-order chi connectivity index (χ0) is 20.1. The second kappa shape index (κ2) is 8.94. The Bertz CT molecular complexity index is 1030. The van der Waals surface area contributed by atoms with Gasteiger partial charge in [-0.15, -0.1) is 11.3 Å². The first kappa shape index (κ1) is 20.0. The molecule has 7 nitrogen and oxygen atoms in total. The van der Waals surface area contributed by atoms with Crippen molar-refractivity contribution in [2.24, 2.45) is 5.10 Å². The van der Waals surface area contributed by atoms with E-state index in [1.807, 2.05) is 19.2 Å². The van der Waals surface area contributed by atoms with Crippen molar-refractivity contribution in [3.8, 4) is 5.75 Å². The average Bonchev–Trinajstić information content (AvgIpc) is 3.28. The molecule has 1 amide bonds. The number of thiophene rings is 1. The van der Waals surface area contributed by atoms with Crippen molar-refractivity contribution in [2.45, 2.75) is 20.4 Å². The Labute approximate surface area is 174 Å². The average molecular weight is 461 g/mol. The molecule has 0 spiro atoms. The lowest BCUT2D eigenvalue weighted by Crippen LogP contribution is -2.24. The second-order valence-corrected chi connectivity index (χ2v) is 7.62. The Balaban J connectivity index is 1.57. The van der Waals surface area contributed by atoms with Crippen LogP contribution in [0.15, 0.2) is 51.4 Å². The SMILES string of the molecule is Cc1nn(CC(=O)N/N=C/c2cccc(OC(=O)c3cccs3)c2)c(C)c1Br. The maximum absolute atomic E-state index is 12.1. The Morgan fingerprint density at radius 2 is 2.14 bits per heavy atom. The van der Waals surface area contributed by atoms with Crippen LogP contribution in [-0.4, -0.2) is 27.9 Å². The maximum Gasteiger partial charge on any atom is 0.353 e. The summed E-state index contributed by atoms with van der Waals surface area (Å²) in [6, 6.07) is 10.4. The van der Waals surface area contributed by atoms with E-state index in [0.717, 1.165) is 15.9 Å². The molecule has 28 heavy (non-hydrogen) atoms. The Morgan fingerprint density at radius 1 is 1.32 bits per heavy atom. The van der Waals surface area contributed by atoms with Crippen LogP contribution in [0.25, 0.3) is 0 Å². The number of ether oxygens (including phenoxy) is 1. The molecule has 0 saturated heterocycles. The summed E-state index contributed by atoms with van der Waals surface area (Å²) in [4.78, 5) is 24.6. The summed E-state index contributed by atoms with van der Waals surface area (Å²) in [5, 5.41) is 10.0. The first-order valence-corrected chi connectivity index (χ1v) is 9.98. The first-order chi connectivity index (χ1) is 13.4. The number of esters is 1. The van der Waals surface area contributed by atoms with Gasteiger partial charge in [0.2, 0.25) is 0 Å². The Hall–Kier alpha value is -2.78. The fourth-order valence-electron chi connectivity index (χ4n) is 2.39. The fourth-order valence-corrected chi connectivity index (χ4v) is 3.27. The highest BCUT2D eigenvalue weighted by Crippen LogP contribution is 2.19. The van der Waals surface area contributed by atoms with Gasteiger partial charge in [0.25, 0.3) is 5.91 Å². The lowest BCUT2D eigenvalue weighted by molar-refractivity contribution is -0.121. The number of nitrogens with one attached hydrogen (secondary N) is 1. The number of rotatable bonds is 6. The van der Waals surface area contributed by atoms with Gasteiger partial charge >= 0.3 is 5.97 Å². The third-order valence-electron chi connectivity index (χ3n) is 3.78. The van der Waals surface area contributed by atoms with E-state index in [-0.39, 0.29) is 12.5 Å². The number of carbonyl (C=O) groups excluding carboxylic acids is 2. The van der Waals surface area contributed by atoms with E-state index in [2.05, 4.69) is 31.6 Å². The van der Waals surface area contributed by atoms with Gasteiger partial charge in [-0.3, -0.25) is 9.48 Å². The van der Waals surface area contributed by atoms with Crippen LogP contribution in [0.4, 0.5) is 0 Å². The molecule has 144 valence electrons. The lowest BCUT2D eigenvalue weighted by Gasteiger charge is -2.04. The van der Waals surface area contributed by atoms with Crippen LogP contribution in [0.5, 0.6) is 5.75 Å².